The number of rotatable bonds is 2. The second kappa shape index (κ2) is 4.75. The molecule has 0 fully saturated rings. The van der Waals surface area contributed by atoms with Crippen LogP contribution >= 0.6 is 0 Å². The van der Waals surface area contributed by atoms with Gasteiger partial charge in [-0.1, -0.05) is 48.5 Å². The van der Waals surface area contributed by atoms with Crippen molar-refractivity contribution in [2.45, 2.75) is 0 Å². The van der Waals surface area contributed by atoms with E-state index in [-0.39, 0.29) is 0 Å². The summed E-state index contributed by atoms with van der Waals surface area (Å²) in [6, 6.07) is 19.8. The standard InChI is InChI=1S/C15H12N2O/c1-3-7-12(8-4-1)14-11-16-17-15(18-14)13-9-5-2-6-10-13/h1-11,16H. The summed E-state index contributed by atoms with van der Waals surface area (Å²) >= 11 is 0. The average molecular weight is 236 g/mol. The first-order valence-corrected chi connectivity index (χ1v) is 5.75. The first kappa shape index (κ1) is 10.6. The summed E-state index contributed by atoms with van der Waals surface area (Å²) in [5.74, 6) is 1.35. The van der Waals surface area contributed by atoms with Crippen molar-refractivity contribution in [1.82, 2.24) is 5.43 Å². The molecular weight excluding hydrogens is 224 g/mol. The lowest BCUT2D eigenvalue weighted by atomic mass is 10.2. The zero-order valence-electron chi connectivity index (χ0n) is 9.71. The van der Waals surface area contributed by atoms with Crippen LogP contribution in [0.4, 0.5) is 0 Å². The number of hydrogen-bond acceptors (Lipinski definition) is 3. The normalized spacial score (nSPS) is 14.0. The van der Waals surface area contributed by atoms with Crippen molar-refractivity contribution >= 4 is 11.7 Å². The molecule has 0 aromatic heterocycles. The first-order valence-electron chi connectivity index (χ1n) is 5.75. The summed E-state index contributed by atoms with van der Waals surface area (Å²) in [6.07, 6.45) is 1.75. The summed E-state index contributed by atoms with van der Waals surface area (Å²) in [4.78, 5) is 0. The van der Waals surface area contributed by atoms with E-state index in [0.29, 0.717) is 5.90 Å². The Bertz CT molecular complexity index is 535. The Balaban J connectivity index is 1.85. The molecule has 0 saturated carbocycles. The number of nitrogens with zero attached hydrogens (tertiary/aromatic N) is 1. The lowest BCUT2D eigenvalue weighted by molar-refractivity contribution is 0.485. The zero-order chi connectivity index (χ0) is 12.2. The molecule has 1 aliphatic heterocycles. The van der Waals surface area contributed by atoms with E-state index in [2.05, 4.69) is 10.5 Å². The smallest absolute Gasteiger partial charge is 0.243 e. The van der Waals surface area contributed by atoms with Gasteiger partial charge in [-0.25, -0.2) is 0 Å². The molecule has 1 aliphatic rings. The second-order valence-electron chi connectivity index (χ2n) is 3.89. The third kappa shape index (κ3) is 2.11. The van der Waals surface area contributed by atoms with E-state index in [1.165, 1.54) is 0 Å². The fraction of sp³-hybridized carbons (Fsp3) is 0. The van der Waals surface area contributed by atoms with Crippen molar-refractivity contribution in [3.05, 3.63) is 78.0 Å². The Morgan fingerprint density at radius 1 is 0.778 bits per heavy atom. The lowest BCUT2D eigenvalue weighted by Crippen LogP contribution is -2.16. The van der Waals surface area contributed by atoms with Gasteiger partial charge in [0.1, 0.15) is 0 Å². The summed E-state index contributed by atoms with van der Waals surface area (Å²) < 4.78 is 5.81. The van der Waals surface area contributed by atoms with Gasteiger partial charge in [0.25, 0.3) is 0 Å². The van der Waals surface area contributed by atoms with Gasteiger partial charge in [0, 0.05) is 11.1 Å². The van der Waals surface area contributed by atoms with Gasteiger partial charge in [0.05, 0.1) is 6.20 Å². The number of hydrazone groups is 1. The van der Waals surface area contributed by atoms with Gasteiger partial charge in [0.2, 0.25) is 5.90 Å². The van der Waals surface area contributed by atoms with Gasteiger partial charge >= 0.3 is 0 Å². The molecule has 0 amide bonds. The van der Waals surface area contributed by atoms with Crippen LogP contribution in [0.2, 0.25) is 0 Å². The predicted molar refractivity (Wildman–Crippen MR) is 71.6 cm³/mol. The highest BCUT2D eigenvalue weighted by Crippen LogP contribution is 2.19. The molecule has 18 heavy (non-hydrogen) atoms. The molecule has 3 heteroatoms. The molecule has 0 atom stereocenters. The van der Waals surface area contributed by atoms with Gasteiger partial charge in [-0.2, -0.15) is 0 Å². The zero-order valence-corrected chi connectivity index (χ0v) is 9.71. The third-order valence-electron chi connectivity index (χ3n) is 2.65. The molecular formula is C15H12N2O. The molecule has 2 aromatic carbocycles. The molecule has 2 aromatic rings. The minimum Gasteiger partial charge on any atom is -0.435 e. The topological polar surface area (TPSA) is 33.6 Å². The summed E-state index contributed by atoms with van der Waals surface area (Å²) in [5, 5.41) is 4.14. The van der Waals surface area contributed by atoms with Crippen molar-refractivity contribution in [2.24, 2.45) is 5.10 Å². The van der Waals surface area contributed by atoms with E-state index < -0.39 is 0 Å². The van der Waals surface area contributed by atoms with Gasteiger partial charge in [-0.05, 0) is 12.1 Å². The maximum absolute atomic E-state index is 5.81. The van der Waals surface area contributed by atoms with Crippen LogP contribution in [-0.4, -0.2) is 5.90 Å². The van der Waals surface area contributed by atoms with Crippen molar-refractivity contribution in [1.29, 1.82) is 0 Å². The van der Waals surface area contributed by atoms with Crippen molar-refractivity contribution < 1.29 is 4.74 Å². The summed E-state index contributed by atoms with van der Waals surface area (Å²) in [7, 11) is 0. The fourth-order valence-electron chi connectivity index (χ4n) is 1.75. The molecule has 0 saturated heterocycles. The Labute approximate surface area is 105 Å². The largest absolute Gasteiger partial charge is 0.435 e. The van der Waals surface area contributed by atoms with E-state index in [1.807, 2.05) is 60.7 Å². The highest BCUT2D eigenvalue weighted by Gasteiger charge is 2.13. The molecule has 1 heterocycles. The van der Waals surface area contributed by atoms with Crippen LogP contribution < -0.4 is 5.43 Å². The van der Waals surface area contributed by atoms with E-state index in [9.17, 15) is 0 Å². The summed E-state index contributed by atoms with van der Waals surface area (Å²) in [6.45, 7) is 0. The minimum absolute atomic E-state index is 0.581. The molecule has 88 valence electrons. The Kier molecular flexibility index (Phi) is 2.80. The molecule has 0 bridgehead atoms. The van der Waals surface area contributed by atoms with E-state index in [0.717, 1.165) is 16.9 Å². The highest BCUT2D eigenvalue weighted by molar-refractivity contribution is 5.97. The van der Waals surface area contributed by atoms with Gasteiger partial charge in [-0.3, -0.25) is 5.43 Å². The molecule has 0 unspecified atom stereocenters. The number of hydrogen-bond donors (Lipinski definition) is 1. The van der Waals surface area contributed by atoms with Crippen molar-refractivity contribution in [3.8, 4) is 0 Å². The molecule has 3 nitrogen and oxygen atoms in total. The molecule has 3 rings (SSSR count). The van der Waals surface area contributed by atoms with E-state index in [4.69, 9.17) is 4.74 Å². The van der Waals surface area contributed by atoms with Crippen LogP contribution in [0, 0.1) is 0 Å². The second-order valence-corrected chi connectivity index (χ2v) is 3.89. The van der Waals surface area contributed by atoms with Gasteiger partial charge in [0.15, 0.2) is 5.76 Å². The number of benzene rings is 2. The van der Waals surface area contributed by atoms with Gasteiger partial charge < -0.3 is 4.74 Å². The first-order chi connectivity index (χ1) is 8.93. The van der Waals surface area contributed by atoms with E-state index >= 15 is 0 Å². The lowest BCUT2D eigenvalue weighted by Gasteiger charge is -2.16. The van der Waals surface area contributed by atoms with Crippen LogP contribution in [-0.2, 0) is 4.74 Å². The van der Waals surface area contributed by atoms with Crippen LogP contribution in [0.15, 0.2) is 72.0 Å². The van der Waals surface area contributed by atoms with Crippen LogP contribution in [0.25, 0.3) is 5.76 Å². The molecule has 0 aliphatic carbocycles. The molecule has 1 N–H and O–H groups in total. The highest BCUT2D eigenvalue weighted by atomic mass is 16.5. The van der Waals surface area contributed by atoms with E-state index in [1.54, 1.807) is 6.20 Å². The van der Waals surface area contributed by atoms with Crippen LogP contribution in [0.5, 0.6) is 0 Å². The Morgan fingerprint density at radius 3 is 2.06 bits per heavy atom. The molecule has 0 radical (unpaired) electrons. The van der Waals surface area contributed by atoms with Crippen LogP contribution in [0.3, 0.4) is 0 Å². The Morgan fingerprint density at radius 2 is 1.39 bits per heavy atom. The van der Waals surface area contributed by atoms with Gasteiger partial charge in [-0.15, -0.1) is 5.10 Å². The number of ether oxygens (including phenoxy) is 1. The maximum atomic E-state index is 5.81. The minimum atomic E-state index is 0.581. The monoisotopic (exact) mass is 236 g/mol. The Hall–Kier alpha value is -2.55. The third-order valence-corrected chi connectivity index (χ3v) is 2.65. The van der Waals surface area contributed by atoms with Crippen molar-refractivity contribution in [2.75, 3.05) is 0 Å². The maximum Gasteiger partial charge on any atom is 0.243 e. The predicted octanol–water partition coefficient (Wildman–Crippen LogP) is 2.97. The van der Waals surface area contributed by atoms with Crippen LogP contribution in [0.1, 0.15) is 11.1 Å². The molecule has 0 spiro atoms. The van der Waals surface area contributed by atoms with Crippen molar-refractivity contribution in [3.63, 3.8) is 0 Å². The number of nitrogens with one attached hydrogen (secondary N) is 1. The quantitative estimate of drug-likeness (QED) is 0.869. The average Bonchev–Trinajstić information content (AvgIpc) is 2.49. The SMILES string of the molecule is C1=C(c2ccccc2)OC(c2ccccc2)=NN1. The summed E-state index contributed by atoms with van der Waals surface area (Å²) in [5.41, 5.74) is 4.85. The fourth-order valence-corrected chi connectivity index (χ4v) is 1.75.